The second-order valence-electron chi connectivity index (χ2n) is 5.64. The van der Waals surface area contributed by atoms with Crippen LogP contribution in [-0.4, -0.2) is 52.1 Å². The molecule has 0 spiro atoms. The average molecular weight is 342 g/mol. The minimum Gasteiger partial charge on any atom is -0.465 e. The van der Waals surface area contributed by atoms with Crippen molar-refractivity contribution in [1.82, 2.24) is 10.2 Å². The highest BCUT2D eigenvalue weighted by Gasteiger charge is 2.50. The van der Waals surface area contributed by atoms with Crippen molar-refractivity contribution in [3.8, 4) is 0 Å². The molecular weight excluding hydrogens is 326 g/mol. The zero-order valence-corrected chi connectivity index (χ0v) is 12.5. The number of nitrogens with zero attached hydrogens (tertiary/aromatic N) is 1. The first-order valence-corrected chi connectivity index (χ1v) is 7.16. The van der Waals surface area contributed by atoms with Gasteiger partial charge in [0.2, 0.25) is 0 Å². The highest BCUT2D eigenvalue weighted by molar-refractivity contribution is 5.88. The fourth-order valence-electron chi connectivity index (χ4n) is 2.49. The van der Waals surface area contributed by atoms with E-state index in [0.29, 0.717) is 12.4 Å². The summed E-state index contributed by atoms with van der Waals surface area (Å²) in [5, 5.41) is 21.3. The Morgan fingerprint density at radius 1 is 1.29 bits per heavy atom. The van der Waals surface area contributed by atoms with Crippen LogP contribution in [-0.2, 0) is 9.59 Å². The zero-order chi connectivity index (χ0) is 17.9. The molecule has 1 saturated heterocycles. The number of likely N-dealkylation sites (tertiary alicyclic amines) is 1. The van der Waals surface area contributed by atoms with Gasteiger partial charge in [-0.1, -0.05) is 0 Å². The first-order valence-electron chi connectivity index (χ1n) is 7.16. The Kier molecular flexibility index (Phi) is 5.13. The van der Waals surface area contributed by atoms with Crippen LogP contribution in [0.4, 0.5) is 13.6 Å². The molecule has 1 heterocycles. The van der Waals surface area contributed by atoms with Crippen molar-refractivity contribution in [2.24, 2.45) is 0 Å². The van der Waals surface area contributed by atoms with Gasteiger partial charge in [-0.2, -0.15) is 0 Å². The number of halogens is 2. The Hall–Kier alpha value is -2.55. The molecule has 9 heteroatoms. The molecule has 2 amide bonds. The molecule has 0 aliphatic carbocycles. The van der Waals surface area contributed by atoms with Crippen LogP contribution >= 0.6 is 0 Å². The zero-order valence-electron chi connectivity index (χ0n) is 12.5. The maximum atomic E-state index is 13.4. The lowest BCUT2D eigenvalue weighted by molar-refractivity contribution is -0.156. The molecule has 0 radical (unpaired) electrons. The molecular formula is C15H16F2N2O5. The van der Waals surface area contributed by atoms with E-state index in [1.54, 1.807) is 0 Å². The lowest BCUT2D eigenvalue weighted by Gasteiger charge is -2.43. The number of β-amino-alcohol motifs (C(OH)–C–C–N with tert-alkyl or cyclic N) is 1. The summed E-state index contributed by atoms with van der Waals surface area (Å²) < 4.78 is 26.7. The van der Waals surface area contributed by atoms with Gasteiger partial charge in [0.25, 0.3) is 5.91 Å². The molecule has 1 atom stereocenters. The molecule has 1 aliphatic rings. The number of carboxylic acid groups (broad SMARTS) is 1. The molecule has 24 heavy (non-hydrogen) atoms. The van der Waals surface area contributed by atoms with Crippen molar-refractivity contribution in [3.05, 3.63) is 35.4 Å². The fraction of sp³-hybridized carbons (Fsp3) is 0.400. The maximum absolute atomic E-state index is 13.4. The van der Waals surface area contributed by atoms with Crippen LogP contribution in [0.1, 0.15) is 24.4 Å². The van der Waals surface area contributed by atoms with Crippen LogP contribution in [0.3, 0.4) is 0 Å². The molecule has 0 bridgehead atoms. The number of benzene rings is 1. The van der Waals surface area contributed by atoms with Crippen LogP contribution in [0.5, 0.6) is 0 Å². The molecule has 7 nitrogen and oxygen atoms in total. The molecule has 3 N–H and O–H groups in total. The smallest absolute Gasteiger partial charge is 0.407 e. The van der Waals surface area contributed by atoms with E-state index in [4.69, 9.17) is 5.11 Å². The van der Waals surface area contributed by atoms with Crippen molar-refractivity contribution < 1.29 is 33.4 Å². The van der Waals surface area contributed by atoms with E-state index in [2.05, 4.69) is 5.32 Å². The third-order valence-corrected chi connectivity index (χ3v) is 3.76. The van der Waals surface area contributed by atoms with E-state index in [-0.39, 0.29) is 18.4 Å². The molecule has 1 fully saturated rings. The van der Waals surface area contributed by atoms with Gasteiger partial charge in [-0.15, -0.1) is 0 Å². The standard InChI is InChI=1S/C15H16F2N2O5/c16-10-4-9(5-11(17)6-10)12(2-1-3-20)18-13(21)15(24)7-19(8-15)14(22)23/h3-6,12,24H,1-2,7-8H2,(H,18,21)(H,22,23). The number of aliphatic hydroxyl groups is 1. The van der Waals surface area contributed by atoms with Crippen molar-refractivity contribution in [3.63, 3.8) is 0 Å². The highest BCUT2D eigenvalue weighted by Crippen LogP contribution is 2.25. The van der Waals surface area contributed by atoms with Gasteiger partial charge in [-0.3, -0.25) is 4.79 Å². The molecule has 130 valence electrons. The second-order valence-corrected chi connectivity index (χ2v) is 5.64. The molecule has 1 aliphatic heterocycles. The summed E-state index contributed by atoms with van der Waals surface area (Å²) in [5.41, 5.74) is -1.79. The van der Waals surface area contributed by atoms with Gasteiger partial charge in [0.15, 0.2) is 5.60 Å². The number of amides is 2. The van der Waals surface area contributed by atoms with Gasteiger partial charge in [-0.05, 0) is 24.1 Å². The van der Waals surface area contributed by atoms with Crippen LogP contribution in [0.15, 0.2) is 18.2 Å². The summed E-state index contributed by atoms with van der Waals surface area (Å²) in [4.78, 5) is 34.3. The molecule has 0 aromatic heterocycles. The van der Waals surface area contributed by atoms with E-state index in [0.717, 1.165) is 17.0 Å². The van der Waals surface area contributed by atoms with E-state index in [9.17, 15) is 28.3 Å². The van der Waals surface area contributed by atoms with Gasteiger partial charge in [0.1, 0.15) is 17.9 Å². The number of nitrogens with one attached hydrogen (secondary N) is 1. The SMILES string of the molecule is O=CCCC(NC(=O)C1(O)CN(C(=O)O)C1)c1cc(F)cc(F)c1. The number of hydrogen-bond acceptors (Lipinski definition) is 4. The number of rotatable bonds is 6. The van der Waals surface area contributed by atoms with Gasteiger partial charge in [-0.25, -0.2) is 13.6 Å². The quantitative estimate of drug-likeness (QED) is 0.664. The van der Waals surface area contributed by atoms with Crippen LogP contribution in [0, 0.1) is 11.6 Å². The summed E-state index contributed by atoms with van der Waals surface area (Å²) >= 11 is 0. The van der Waals surface area contributed by atoms with E-state index < -0.39 is 48.4 Å². The molecule has 2 rings (SSSR count). The van der Waals surface area contributed by atoms with Gasteiger partial charge < -0.3 is 25.2 Å². The highest BCUT2D eigenvalue weighted by atomic mass is 19.1. The number of carbonyl (C=O) groups excluding carboxylic acids is 2. The number of hydrogen-bond donors (Lipinski definition) is 3. The van der Waals surface area contributed by atoms with Gasteiger partial charge in [0, 0.05) is 12.5 Å². The topological polar surface area (TPSA) is 107 Å². The van der Waals surface area contributed by atoms with Crippen LogP contribution < -0.4 is 5.32 Å². The Labute approximate surface area is 135 Å². The predicted molar refractivity (Wildman–Crippen MR) is 77.1 cm³/mol. The van der Waals surface area contributed by atoms with Gasteiger partial charge in [0.05, 0.1) is 19.1 Å². The second kappa shape index (κ2) is 6.91. The monoisotopic (exact) mass is 342 g/mol. The molecule has 0 saturated carbocycles. The van der Waals surface area contributed by atoms with Crippen molar-refractivity contribution in [1.29, 1.82) is 0 Å². The minimum atomic E-state index is -1.90. The molecule has 1 aromatic carbocycles. The number of aldehydes is 1. The Bertz CT molecular complexity index is 641. The predicted octanol–water partition coefficient (Wildman–Crippen LogP) is 0.826. The lowest BCUT2D eigenvalue weighted by Crippen LogP contribution is -2.69. The van der Waals surface area contributed by atoms with E-state index >= 15 is 0 Å². The number of carbonyl (C=O) groups is 3. The summed E-state index contributed by atoms with van der Waals surface area (Å²) in [6.07, 6.45) is -0.560. The van der Waals surface area contributed by atoms with Gasteiger partial charge >= 0.3 is 6.09 Å². The summed E-state index contributed by atoms with van der Waals surface area (Å²) in [7, 11) is 0. The fourth-order valence-corrected chi connectivity index (χ4v) is 2.49. The summed E-state index contributed by atoms with van der Waals surface area (Å²) in [6, 6.07) is 1.82. The maximum Gasteiger partial charge on any atom is 0.407 e. The van der Waals surface area contributed by atoms with Crippen LogP contribution in [0.2, 0.25) is 0 Å². The average Bonchev–Trinajstić information content (AvgIpc) is 2.46. The Morgan fingerprint density at radius 3 is 2.38 bits per heavy atom. The third kappa shape index (κ3) is 3.85. The Morgan fingerprint density at radius 2 is 1.88 bits per heavy atom. The Balaban J connectivity index is 2.12. The van der Waals surface area contributed by atoms with Crippen molar-refractivity contribution in [2.75, 3.05) is 13.1 Å². The van der Waals surface area contributed by atoms with Crippen molar-refractivity contribution >= 4 is 18.3 Å². The summed E-state index contributed by atoms with van der Waals surface area (Å²) in [6.45, 7) is -0.793. The lowest BCUT2D eigenvalue weighted by atomic mass is 9.92. The van der Waals surface area contributed by atoms with E-state index in [1.807, 2.05) is 0 Å². The van der Waals surface area contributed by atoms with E-state index in [1.165, 1.54) is 0 Å². The van der Waals surface area contributed by atoms with Crippen LogP contribution in [0.25, 0.3) is 0 Å². The third-order valence-electron chi connectivity index (χ3n) is 3.76. The normalized spacial score (nSPS) is 16.9. The molecule has 1 unspecified atom stereocenters. The van der Waals surface area contributed by atoms with Crippen molar-refractivity contribution in [2.45, 2.75) is 24.5 Å². The summed E-state index contributed by atoms with van der Waals surface area (Å²) in [5.74, 6) is -2.54. The largest absolute Gasteiger partial charge is 0.465 e. The first kappa shape index (κ1) is 17.8. The molecule has 1 aromatic rings. The minimum absolute atomic E-state index is 0.0305. The first-order chi connectivity index (χ1) is 11.2.